The zero-order valence-electron chi connectivity index (χ0n) is 6.18. The van der Waals surface area contributed by atoms with Crippen molar-refractivity contribution in [3.05, 3.63) is 0 Å². The summed E-state index contributed by atoms with van der Waals surface area (Å²) >= 11 is 4.29. The predicted octanol–water partition coefficient (Wildman–Crippen LogP) is 1.56. The minimum Gasteiger partial charge on any atom is -0.390 e. The van der Waals surface area contributed by atoms with Crippen LogP contribution >= 0.6 is 12.1 Å². The maximum Gasteiger partial charge on any atom is 0.402 e. The van der Waals surface area contributed by atoms with Crippen LogP contribution in [-0.4, -0.2) is 21.9 Å². The Hall–Kier alpha value is 0.487. The topological polar surface area (TPSA) is 18.5 Å². The zero-order chi connectivity index (χ0) is 7.33. The van der Waals surface area contributed by atoms with E-state index in [9.17, 15) is 0 Å². The van der Waals surface area contributed by atoms with Gasteiger partial charge in [0.25, 0.3) is 0 Å². The van der Waals surface area contributed by atoms with E-state index in [0.29, 0.717) is 0 Å². The van der Waals surface area contributed by atoms with Crippen LogP contribution < -0.4 is 0 Å². The summed E-state index contributed by atoms with van der Waals surface area (Å²) in [6.07, 6.45) is 1.07. The van der Waals surface area contributed by atoms with Crippen LogP contribution in [0.5, 0.6) is 0 Å². The van der Waals surface area contributed by atoms with Gasteiger partial charge in [0.15, 0.2) is 0 Å². The van der Waals surface area contributed by atoms with Crippen LogP contribution in [0.15, 0.2) is 0 Å². The largest absolute Gasteiger partial charge is 0.402 e. The highest BCUT2D eigenvalue weighted by Crippen LogP contribution is 2.17. The van der Waals surface area contributed by atoms with E-state index in [2.05, 4.69) is 19.0 Å². The summed E-state index contributed by atoms with van der Waals surface area (Å²) in [5.74, 6) is 0. The van der Waals surface area contributed by atoms with Gasteiger partial charge < -0.3 is 8.85 Å². The fourth-order valence-corrected chi connectivity index (χ4v) is 2.48. The summed E-state index contributed by atoms with van der Waals surface area (Å²) in [5.41, 5.74) is 0. The maximum absolute atomic E-state index is 5.11. The number of hydrogen-bond acceptors (Lipinski definition) is 3. The van der Waals surface area contributed by atoms with E-state index in [0.717, 1.165) is 12.5 Å². The van der Waals surface area contributed by atoms with Crippen molar-refractivity contribution < 1.29 is 8.85 Å². The second-order valence-electron chi connectivity index (χ2n) is 1.87. The van der Waals surface area contributed by atoms with E-state index in [1.807, 2.05) is 0 Å². The first-order chi connectivity index (χ1) is 4.18. The molecule has 0 aromatic carbocycles. The van der Waals surface area contributed by atoms with Gasteiger partial charge in [0.2, 0.25) is 0 Å². The van der Waals surface area contributed by atoms with Crippen molar-refractivity contribution in [3.63, 3.8) is 0 Å². The first-order valence-electron chi connectivity index (χ1n) is 3.01. The lowest BCUT2D eigenvalue weighted by molar-refractivity contribution is 0.268. The lowest BCUT2D eigenvalue weighted by atomic mass is 10.6. The highest BCUT2D eigenvalue weighted by Gasteiger charge is 2.28. The van der Waals surface area contributed by atoms with Gasteiger partial charge in [-0.3, -0.25) is 0 Å². The molecule has 0 aromatic heterocycles. The van der Waals surface area contributed by atoms with E-state index in [4.69, 9.17) is 8.85 Å². The monoisotopic (exact) mass is 166 g/mol. The van der Waals surface area contributed by atoms with Crippen LogP contribution in [0.25, 0.3) is 0 Å². The van der Waals surface area contributed by atoms with Crippen LogP contribution in [0, 0.1) is 0 Å². The van der Waals surface area contributed by atoms with Crippen LogP contribution in [0.4, 0.5) is 0 Å². The molecule has 9 heavy (non-hydrogen) atoms. The molecule has 0 unspecified atom stereocenters. The molecule has 0 fully saturated rings. The van der Waals surface area contributed by atoms with Crippen LogP contribution in [0.3, 0.4) is 0 Å². The van der Waals surface area contributed by atoms with E-state index in [1.54, 1.807) is 14.2 Å². The Morgan fingerprint density at radius 1 is 1.33 bits per heavy atom. The lowest BCUT2D eigenvalue weighted by Gasteiger charge is -2.19. The molecule has 0 aliphatic heterocycles. The lowest BCUT2D eigenvalue weighted by Crippen LogP contribution is -2.32. The summed E-state index contributed by atoms with van der Waals surface area (Å²) in [4.78, 5) is 0. The van der Waals surface area contributed by atoms with E-state index in [-0.39, 0.29) is 0 Å². The van der Waals surface area contributed by atoms with Crippen molar-refractivity contribution >= 4 is 19.8 Å². The van der Waals surface area contributed by atoms with Gasteiger partial charge in [-0.25, -0.2) is 0 Å². The molecule has 0 saturated carbocycles. The van der Waals surface area contributed by atoms with Crippen LogP contribution in [0.1, 0.15) is 13.3 Å². The van der Waals surface area contributed by atoms with Gasteiger partial charge in [0, 0.05) is 20.3 Å². The Morgan fingerprint density at radius 2 is 1.78 bits per heavy atom. The molecule has 4 heteroatoms. The van der Waals surface area contributed by atoms with Crippen molar-refractivity contribution in [2.45, 2.75) is 19.4 Å². The molecule has 0 bridgehead atoms. The van der Waals surface area contributed by atoms with Gasteiger partial charge in [-0.15, -0.1) is 12.1 Å². The third-order valence-electron chi connectivity index (χ3n) is 1.20. The molecule has 0 saturated heterocycles. The second kappa shape index (κ2) is 4.33. The Bertz CT molecular complexity index is 75.4. The van der Waals surface area contributed by atoms with Crippen molar-refractivity contribution in [2.75, 3.05) is 14.2 Å². The SMILES string of the molecule is CCC[Si](S)(OC)OC. The van der Waals surface area contributed by atoms with Crippen molar-refractivity contribution in [2.24, 2.45) is 0 Å². The maximum atomic E-state index is 5.11. The molecule has 0 aromatic rings. The molecule has 0 rings (SSSR count). The Balaban J connectivity index is 3.62. The van der Waals surface area contributed by atoms with Crippen LogP contribution in [-0.2, 0) is 8.85 Å². The molecular formula is C5H14O2SSi. The van der Waals surface area contributed by atoms with Gasteiger partial charge in [-0.1, -0.05) is 13.3 Å². The van der Waals surface area contributed by atoms with E-state index >= 15 is 0 Å². The molecule has 0 aliphatic carbocycles. The summed E-state index contributed by atoms with van der Waals surface area (Å²) < 4.78 is 10.2. The molecule has 0 amide bonds. The summed E-state index contributed by atoms with van der Waals surface area (Å²) in [6.45, 7) is 2.09. The molecule has 0 aliphatic rings. The Kier molecular flexibility index (Phi) is 4.56. The van der Waals surface area contributed by atoms with E-state index < -0.39 is 7.71 Å². The minimum absolute atomic E-state index is 0.948. The minimum atomic E-state index is -2.00. The Morgan fingerprint density at radius 3 is 1.89 bits per heavy atom. The quantitative estimate of drug-likeness (QED) is 0.505. The molecule has 2 nitrogen and oxygen atoms in total. The van der Waals surface area contributed by atoms with Crippen molar-refractivity contribution in [1.29, 1.82) is 0 Å². The standard InChI is InChI=1S/C5H14O2SSi/c1-4-5-9(8,6-2)7-3/h8H,4-5H2,1-3H3. The third-order valence-corrected chi connectivity index (χ3v) is 5.38. The highest BCUT2D eigenvalue weighted by atomic mass is 32.3. The normalized spacial score (nSPS) is 12.0. The summed E-state index contributed by atoms with van der Waals surface area (Å²) in [5, 5.41) is 0. The molecular weight excluding hydrogens is 152 g/mol. The molecule has 0 heterocycles. The van der Waals surface area contributed by atoms with Gasteiger partial charge in [0.05, 0.1) is 0 Å². The van der Waals surface area contributed by atoms with Gasteiger partial charge >= 0.3 is 7.71 Å². The number of thiol groups is 1. The molecule has 0 atom stereocenters. The second-order valence-corrected chi connectivity index (χ2v) is 6.66. The molecule has 0 spiro atoms. The molecule has 0 radical (unpaired) electrons. The average molecular weight is 166 g/mol. The van der Waals surface area contributed by atoms with Crippen LogP contribution in [0.2, 0.25) is 6.04 Å². The average Bonchev–Trinajstić information content (AvgIpc) is 1.89. The first-order valence-corrected chi connectivity index (χ1v) is 6.32. The van der Waals surface area contributed by atoms with Gasteiger partial charge in [-0.2, -0.15) is 0 Å². The summed E-state index contributed by atoms with van der Waals surface area (Å²) in [7, 11) is 1.30. The smallest absolute Gasteiger partial charge is 0.390 e. The summed E-state index contributed by atoms with van der Waals surface area (Å²) in [6, 6.07) is 0.948. The molecule has 56 valence electrons. The third kappa shape index (κ3) is 3.25. The van der Waals surface area contributed by atoms with Crippen molar-refractivity contribution in [3.8, 4) is 0 Å². The highest BCUT2D eigenvalue weighted by molar-refractivity contribution is 8.12. The molecule has 0 N–H and O–H groups in total. The fraction of sp³-hybridized carbons (Fsp3) is 1.00. The predicted molar refractivity (Wildman–Crippen MR) is 43.9 cm³/mol. The van der Waals surface area contributed by atoms with Crippen molar-refractivity contribution in [1.82, 2.24) is 0 Å². The van der Waals surface area contributed by atoms with Gasteiger partial charge in [-0.05, 0) is 0 Å². The fourth-order valence-electron chi connectivity index (χ4n) is 0.603. The number of rotatable bonds is 4. The Labute approximate surface area is 62.9 Å². The first kappa shape index (κ1) is 9.49. The zero-order valence-corrected chi connectivity index (χ0v) is 8.07. The van der Waals surface area contributed by atoms with E-state index in [1.165, 1.54) is 0 Å². The van der Waals surface area contributed by atoms with Gasteiger partial charge in [0.1, 0.15) is 0 Å². The number of hydrogen-bond donors (Lipinski definition) is 1.